The summed E-state index contributed by atoms with van der Waals surface area (Å²) in [6, 6.07) is 17.2. The largest absolute Gasteiger partial charge is 0.325 e. The second-order valence-corrected chi connectivity index (χ2v) is 7.51. The van der Waals surface area contributed by atoms with Crippen LogP contribution in [0.1, 0.15) is 37.3 Å². The van der Waals surface area contributed by atoms with Gasteiger partial charge in [-0.25, -0.2) is 0 Å². The van der Waals surface area contributed by atoms with Crippen molar-refractivity contribution in [2.75, 3.05) is 11.1 Å². The Bertz CT molecular complexity index is 993. The normalized spacial score (nSPS) is 10.5. The van der Waals surface area contributed by atoms with Crippen LogP contribution in [-0.4, -0.2) is 31.9 Å². The summed E-state index contributed by atoms with van der Waals surface area (Å²) < 4.78 is 1.68. The Labute approximate surface area is 174 Å². The zero-order valence-corrected chi connectivity index (χ0v) is 17.0. The standard InChI is InChI=1S/C21H22N6OS/c1-2-3-6-16-9-11-18(12-10-16)27-21(24-25-26-27)29-14-13-20(28)23-19-8-5-4-7-17(19)15-22/h4-5,7-12H,2-3,6,13-14H2,1H3,(H,23,28). The lowest BCUT2D eigenvalue weighted by Gasteiger charge is -2.07. The number of nitrogens with zero attached hydrogens (tertiary/aromatic N) is 5. The van der Waals surface area contributed by atoms with Crippen molar-refractivity contribution in [3.63, 3.8) is 0 Å². The van der Waals surface area contributed by atoms with Gasteiger partial charge in [-0.05, 0) is 53.1 Å². The van der Waals surface area contributed by atoms with Gasteiger partial charge < -0.3 is 5.32 Å². The minimum Gasteiger partial charge on any atom is -0.325 e. The van der Waals surface area contributed by atoms with Crippen LogP contribution in [0, 0.1) is 11.3 Å². The highest BCUT2D eigenvalue weighted by atomic mass is 32.2. The van der Waals surface area contributed by atoms with Crippen molar-refractivity contribution in [1.82, 2.24) is 20.2 Å². The second-order valence-electron chi connectivity index (χ2n) is 6.45. The maximum absolute atomic E-state index is 12.2. The smallest absolute Gasteiger partial charge is 0.225 e. The number of aryl methyl sites for hydroxylation is 1. The quantitative estimate of drug-likeness (QED) is 0.540. The Kier molecular flexibility index (Phi) is 7.36. The fourth-order valence-corrected chi connectivity index (χ4v) is 3.58. The van der Waals surface area contributed by atoms with Gasteiger partial charge >= 0.3 is 0 Å². The number of para-hydroxylation sites is 1. The number of unbranched alkanes of at least 4 members (excludes halogenated alkanes) is 1. The number of nitrogens with one attached hydrogen (secondary N) is 1. The van der Waals surface area contributed by atoms with Crippen LogP contribution in [0.25, 0.3) is 5.69 Å². The second kappa shape index (κ2) is 10.4. The molecule has 0 bridgehead atoms. The Morgan fingerprint density at radius 2 is 2.00 bits per heavy atom. The van der Waals surface area contributed by atoms with E-state index in [-0.39, 0.29) is 12.3 Å². The van der Waals surface area contributed by atoms with Crippen molar-refractivity contribution in [2.24, 2.45) is 0 Å². The van der Waals surface area contributed by atoms with Crippen LogP contribution < -0.4 is 5.32 Å². The average molecular weight is 407 g/mol. The molecular formula is C21H22N6OS. The van der Waals surface area contributed by atoms with Crippen LogP contribution in [0.5, 0.6) is 0 Å². The summed E-state index contributed by atoms with van der Waals surface area (Å²) in [6.07, 6.45) is 3.70. The summed E-state index contributed by atoms with van der Waals surface area (Å²) >= 11 is 1.42. The summed E-state index contributed by atoms with van der Waals surface area (Å²) in [7, 11) is 0. The summed E-state index contributed by atoms with van der Waals surface area (Å²) in [6.45, 7) is 2.18. The third-order valence-electron chi connectivity index (χ3n) is 4.32. The number of aromatic nitrogens is 4. The number of benzene rings is 2. The van der Waals surface area contributed by atoms with Crippen LogP contribution in [0.3, 0.4) is 0 Å². The van der Waals surface area contributed by atoms with Crippen molar-refractivity contribution in [3.05, 3.63) is 59.7 Å². The van der Waals surface area contributed by atoms with Crippen molar-refractivity contribution in [1.29, 1.82) is 5.26 Å². The summed E-state index contributed by atoms with van der Waals surface area (Å²) in [5.74, 6) is 0.370. The van der Waals surface area contributed by atoms with Gasteiger partial charge in [-0.2, -0.15) is 9.94 Å². The molecule has 0 fully saturated rings. The van der Waals surface area contributed by atoms with Crippen LogP contribution in [0.4, 0.5) is 5.69 Å². The van der Waals surface area contributed by atoms with Crippen molar-refractivity contribution in [2.45, 2.75) is 37.8 Å². The first-order valence-electron chi connectivity index (χ1n) is 9.50. The zero-order chi connectivity index (χ0) is 20.5. The van der Waals surface area contributed by atoms with E-state index in [1.807, 2.05) is 12.1 Å². The van der Waals surface area contributed by atoms with Gasteiger partial charge in [0.15, 0.2) is 0 Å². The predicted molar refractivity (Wildman–Crippen MR) is 113 cm³/mol. The van der Waals surface area contributed by atoms with Gasteiger partial charge in [0.1, 0.15) is 6.07 Å². The zero-order valence-electron chi connectivity index (χ0n) is 16.2. The molecule has 0 aliphatic rings. The number of hydrogen-bond acceptors (Lipinski definition) is 6. The highest BCUT2D eigenvalue weighted by Crippen LogP contribution is 2.20. The maximum Gasteiger partial charge on any atom is 0.225 e. The van der Waals surface area contributed by atoms with E-state index in [9.17, 15) is 4.79 Å². The van der Waals surface area contributed by atoms with Gasteiger partial charge in [-0.15, -0.1) is 5.10 Å². The molecule has 0 radical (unpaired) electrons. The van der Waals surface area contributed by atoms with E-state index in [0.29, 0.717) is 22.2 Å². The van der Waals surface area contributed by atoms with Crippen molar-refractivity contribution in [3.8, 4) is 11.8 Å². The molecule has 0 aliphatic carbocycles. The maximum atomic E-state index is 12.2. The number of carbonyl (C=O) groups is 1. The minimum atomic E-state index is -0.153. The topological polar surface area (TPSA) is 96.5 Å². The Hall–Kier alpha value is -3.18. The molecule has 2 aromatic carbocycles. The molecule has 7 nitrogen and oxygen atoms in total. The SMILES string of the molecule is CCCCc1ccc(-n2nnnc2SCCC(=O)Nc2ccccc2C#N)cc1. The van der Waals surface area contributed by atoms with Crippen LogP contribution >= 0.6 is 11.8 Å². The first-order chi connectivity index (χ1) is 14.2. The van der Waals surface area contributed by atoms with E-state index in [0.717, 1.165) is 12.1 Å². The average Bonchev–Trinajstić information content (AvgIpc) is 3.21. The number of nitriles is 1. The first kappa shape index (κ1) is 20.6. The predicted octanol–water partition coefficient (Wildman–Crippen LogP) is 4.00. The number of amides is 1. The van der Waals surface area contributed by atoms with Crippen LogP contribution in [0.15, 0.2) is 53.7 Å². The lowest BCUT2D eigenvalue weighted by atomic mass is 10.1. The van der Waals surface area contributed by atoms with Gasteiger partial charge in [-0.3, -0.25) is 4.79 Å². The summed E-state index contributed by atoms with van der Waals surface area (Å²) in [5, 5.41) is 24.4. The minimum absolute atomic E-state index is 0.153. The number of rotatable bonds is 9. The molecular weight excluding hydrogens is 384 g/mol. The molecule has 1 amide bonds. The van der Waals surface area contributed by atoms with E-state index in [1.165, 1.54) is 30.2 Å². The van der Waals surface area contributed by atoms with Gasteiger partial charge in [0.05, 0.1) is 16.9 Å². The van der Waals surface area contributed by atoms with E-state index < -0.39 is 0 Å². The lowest BCUT2D eigenvalue weighted by molar-refractivity contribution is -0.115. The molecule has 0 unspecified atom stereocenters. The fourth-order valence-electron chi connectivity index (χ4n) is 2.75. The number of anilines is 1. The van der Waals surface area contributed by atoms with E-state index in [1.54, 1.807) is 28.9 Å². The number of hydrogen-bond donors (Lipinski definition) is 1. The first-order valence-corrected chi connectivity index (χ1v) is 10.5. The molecule has 29 heavy (non-hydrogen) atoms. The number of tetrazole rings is 1. The van der Waals surface area contributed by atoms with Crippen molar-refractivity contribution >= 4 is 23.4 Å². The van der Waals surface area contributed by atoms with Crippen LogP contribution in [0.2, 0.25) is 0 Å². The molecule has 1 N–H and O–H groups in total. The third kappa shape index (κ3) is 5.65. The fraction of sp³-hybridized carbons (Fsp3) is 0.286. The van der Waals surface area contributed by atoms with E-state index >= 15 is 0 Å². The molecule has 0 atom stereocenters. The third-order valence-corrected chi connectivity index (χ3v) is 5.24. The van der Waals surface area contributed by atoms with Gasteiger partial charge in [0, 0.05) is 12.2 Å². The van der Waals surface area contributed by atoms with Gasteiger partial charge in [-0.1, -0.05) is 49.4 Å². The molecule has 3 rings (SSSR count). The van der Waals surface area contributed by atoms with Crippen LogP contribution in [-0.2, 0) is 11.2 Å². The summed E-state index contributed by atoms with van der Waals surface area (Å²) in [4.78, 5) is 12.2. The van der Waals surface area contributed by atoms with E-state index in [4.69, 9.17) is 5.26 Å². The molecule has 0 spiro atoms. The highest BCUT2D eigenvalue weighted by molar-refractivity contribution is 7.99. The summed E-state index contributed by atoms with van der Waals surface area (Å²) in [5.41, 5.74) is 3.16. The molecule has 0 saturated heterocycles. The Morgan fingerprint density at radius 1 is 1.21 bits per heavy atom. The molecule has 148 valence electrons. The van der Waals surface area contributed by atoms with E-state index in [2.05, 4.69) is 46.0 Å². The molecule has 8 heteroatoms. The van der Waals surface area contributed by atoms with Gasteiger partial charge in [0.2, 0.25) is 11.1 Å². The lowest BCUT2D eigenvalue weighted by Crippen LogP contribution is -2.13. The molecule has 0 saturated carbocycles. The molecule has 1 aromatic heterocycles. The number of carbonyl (C=O) groups excluding carboxylic acids is 1. The molecule has 3 aromatic rings. The monoisotopic (exact) mass is 406 g/mol. The molecule has 0 aliphatic heterocycles. The van der Waals surface area contributed by atoms with Crippen molar-refractivity contribution < 1.29 is 4.79 Å². The highest BCUT2D eigenvalue weighted by Gasteiger charge is 2.11. The number of thioether (sulfide) groups is 1. The molecule has 1 heterocycles. The van der Waals surface area contributed by atoms with Gasteiger partial charge in [0.25, 0.3) is 0 Å². The Balaban J connectivity index is 1.55. The Morgan fingerprint density at radius 3 is 2.76 bits per heavy atom.